The number of amides is 1. The van der Waals surface area contributed by atoms with Crippen LogP contribution in [0.25, 0.3) is 22.4 Å². The number of nitrogens with zero attached hydrogens (tertiary/aromatic N) is 3. The number of aromatic nitrogens is 5. The van der Waals surface area contributed by atoms with E-state index in [9.17, 15) is 14.0 Å². The quantitative estimate of drug-likeness (QED) is 0.380. The van der Waals surface area contributed by atoms with Gasteiger partial charge in [-0.25, -0.2) is 9.18 Å². The Hall–Kier alpha value is -3.40. The van der Waals surface area contributed by atoms with Crippen molar-refractivity contribution < 1.29 is 9.18 Å². The summed E-state index contributed by atoms with van der Waals surface area (Å²) in [6.45, 7) is 4.69. The number of hydrogen-bond donors (Lipinski definition) is 3. The molecule has 0 radical (unpaired) electrons. The summed E-state index contributed by atoms with van der Waals surface area (Å²) in [5.41, 5.74) is 1.93. The number of imidazole rings is 1. The van der Waals surface area contributed by atoms with Crippen LogP contribution in [0.5, 0.6) is 0 Å². The highest BCUT2D eigenvalue weighted by atomic mass is 32.2. The van der Waals surface area contributed by atoms with Crippen LogP contribution in [0.2, 0.25) is 0 Å². The molecule has 2 aromatic heterocycles. The number of thioether (sulfide) groups is 1. The van der Waals surface area contributed by atoms with E-state index in [4.69, 9.17) is 0 Å². The van der Waals surface area contributed by atoms with E-state index < -0.39 is 0 Å². The second kappa shape index (κ2) is 8.76. The number of carbonyl (C=O) groups is 1. The van der Waals surface area contributed by atoms with Gasteiger partial charge >= 0.3 is 5.69 Å². The molecule has 0 aliphatic carbocycles. The van der Waals surface area contributed by atoms with Crippen molar-refractivity contribution >= 4 is 34.4 Å². The van der Waals surface area contributed by atoms with Gasteiger partial charge in [-0.3, -0.25) is 4.79 Å². The normalized spacial score (nSPS) is 11.4. The average Bonchev–Trinajstić information content (AvgIpc) is 3.28. The van der Waals surface area contributed by atoms with Crippen molar-refractivity contribution in [3.63, 3.8) is 0 Å². The molecule has 0 aliphatic rings. The summed E-state index contributed by atoms with van der Waals surface area (Å²) in [7, 11) is 0. The van der Waals surface area contributed by atoms with Crippen LogP contribution in [0.1, 0.15) is 13.8 Å². The summed E-state index contributed by atoms with van der Waals surface area (Å²) in [6, 6.07) is 11.6. The third-order valence-corrected chi connectivity index (χ3v) is 5.48. The van der Waals surface area contributed by atoms with E-state index in [2.05, 4.69) is 25.5 Å². The van der Waals surface area contributed by atoms with Gasteiger partial charge in [-0.15, -0.1) is 10.2 Å². The van der Waals surface area contributed by atoms with E-state index in [1.807, 2.05) is 18.4 Å². The first-order valence-electron chi connectivity index (χ1n) is 9.73. The third kappa shape index (κ3) is 4.69. The van der Waals surface area contributed by atoms with Gasteiger partial charge in [0.2, 0.25) is 5.91 Å². The largest absolute Gasteiger partial charge is 0.325 e. The van der Waals surface area contributed by atoms with E-state index >= 15 is 0 Å². The second-order valence-corrected chi connectivity index (χ2v) is 8.41. The van der Waals surface area contributed by atoms with Crippen LogP contribution in [0.15, 0.2) is 52.4 Å². The van der Waals surface area contributed by atoms with E-state index in [0.29, 0.717) is 39.8 Å². The maximum atomic E-state index is 14.3. The van der Waals surface area contributed by atoms with Gasteiger partial charge in [0.1, 0.15) is 5.82 Å². The van der Waals surface area contributed by atoms with Crippen LogP contribution in [-0.2, 0) is 11.3 Å². The first kappa shape index (κ1) is 20.9. The van der Waals surface area contributed by atoms with E-state index in [1.54, 1.807) is 36.4 Å². The number of hydrogen-bond acceptors (Lipinski definition) is 5. The summed E-state index contributed by atoms with van der Waals surface area (Å²) in [5.74, 6) is 0.234. The summed E-state index contributed by atoms with van der Waals surface area (Å²) < 4.78 is 16.1. The highest BCUT2D eigenvalue weighted by Gasteiger charge is 2.19. The van der Waals surface area contributed by atoms with Gasteiger partial charge in [0.15, 0.2) is 11.0 Å². The van der Waals surface area contributed by atoms with Gasteiger partial charge in [-0.2, -0.15) is 0 Å². The monoisotopic (exact) mass is 440 g/mol. The first-order valence-corrected chi connectivity index (χ1v) is 10.7. The number of fused-ring (bicyclic) bond motifs is 1. The van der Waals surface area contributed by atoms with E-state index in [0.717, 1.165) is 0 Å². The highest BCUT2D eigenvalue weighted by molar-refractivity contribution is 7.99. The molecule has 0 saturated carbocycles. The third-order valence-electron chi connectivity index (χ3n) is 4.51. The maximum Gasteiger partial charge on any atom is 0.323 e. The molecule has 0 atom stereocenters. The Kier molecular flexibility index (Phi) is 5.90. The van der Waals surface area contributed by atoms with Crippen molar-refractivity contribution in [2.75, 3.05) is 11.1 Å². The smallest absolute Gasteiger partial charge is 0.323 e. The van der Waals surface area contributed by atoms with Gasteiger partial charge in [0.25, 0.3) is 0 Å². The minimum Gasteiger partial charge on any atom is -0.325 e. The number of benzene rings is 2. The predicted molar refractivity (Wildman–Crippen MR) is 119 cm³/mol. The Balaban J connectivity index is 1.49. The second-order valence-electron chi connectivity index (χ2n) is 7.47. The lowest BCUT2D eigenvalue weighted by atomic mass is 10.2. The number of anilines is 1. The van der Waals surface area contributed by atoms with Gasteiger partial charge in [-0.1, -0.05) is 37.7 Å². The van der Waals surface area contributed by atoms with Crippen molar-refractivity contribution in [1.82, 2.24) is 24.7 Å². The van der Waals surface area contributed by atoms with Crippen LogP contribution in [0.4, 0.5) is 10.1 Å². The van der Waals surface area contributed by atoms with Crippen molar-refractivity contribution in [3.05, 3.63) is 58.8 Å². The molecule has 0 aliphatic heterocycles. The van der Waals surface area contributed by atoms with Crippen molar-refractivity contribution in [1.29, 1.82) is 0 Å². The van der Waals surface area contributed by atoms with Crippen molar-refractivity contribution in [3.8, 4) is 11.4 Å². The van der Waals surface area contributed by atoms with E-state index in [-0.39, 0.29) is 29.1 Å². The minimum absolute atomic E-state index is 0.106. The Morgan fingerprint density at radius 3 is 2.71 bits per heavy atom. The molecular weight excluding hydrogens is 419 g/mol. The van der Waals surface area contributed by atoms with Gasteiger partial charge in [0, 0.05) is 12.2 Å². The highest BCUT2D eigenvalue weighted by Crippen LogP contribution is 2.27. The summed E-state index contributed by atoms with van der Waals surface area (Å²) in [4.78, 5) is 29.2. The summed E-state index contributed by atoms with van der Waals surface area (Å²) in [5, 5.41) is 11.7. The SMILES string of the molecule is CC(C)Cn1c(SCC(=O)Nc2ccc3[nH]c(=O)[nH]c3c2)nnc1-c1ccccc1F. The molecule has 0 bridgehead atoms. The molecule has 10 heteroatoms. The van der Waals surface area contributed by atoms with E-state index in [1.165, 1.54) is 17.8 Å². The molecule has 2 aromatic carbocycles. The van der Waals surface area contributed by atoms with Crippen LogP contribution in [0.3, 0.4) is 0 Å². The van der Waals surface area contributed by atoms with Crippen LogP contribution >= 0.6 is 11.8 Å². The first-order chi connectivity index (χ1) is 14.9. The fraction of sp³-hybridized carbons (Fsp3) is 0.238. The Morgan fingerprint density at radius 1 is 1.16 bits per heavy atom. The average molecular weight is 441 g/mol. The molecule has 0 unspecified atom stereocenters. The molecule has 31 heavy (non-hydrogen) atoms. The lowest BCUT2D eigenvalue weighted by molar-refractivity contribution is -0.113. The molecule has 8 nitrogen and oxygen atoms in total. The van der Waals surface area contributed by atoms with Gasteiger partial charge in [0.05, 0.1) is 22.3 Å². The topological polar surface area (TPSA) is 108 Å². The lowest BCUT2D eigenvalue weighted by Gasteiger charge is -2.13. The maximum absolute atomic E-state index is 14.3. The molecule has 0 saturated heterocycles. The zero-order chi connectivity index (χ0) is 22.0. The van der Waals surface area contributed by atoms with Gasteiger partial charge in [-0.05, 0) is 36.2 Å². The number of rotatable bonds is 7. The lowest BCUT2D eigenvalue weighted by Crippen LogP contribution is -2.15. The number of aromatic amines is 2. The molecule has 4 rings (SSSR count). The fourth-order valence-corrected chi connectivity index (χ4v) is 3.95. The summed E-state index contributed by atoms with van der Waals surface area (Å²) >= 11 is 1.24. The Bertz CT molecular complexity index is 1290. The van der Waals surface area contributed by atoms with Gasteiger partial charge < -0.3 is 19.9 Å². The molecule has 4 aromatic rings. The zero-order valence-electron chi connectivity index (χ0n) is 17.0. The van der Waals surface area contributed by atoms with Crippen LogP contribution < -0.4 is 11.0 Å². The zero-order valence-corrected chi connectivity index (χ0v) is 17.8. The molecule has 0 fully saturated rings. The number of H-pyrrole nitrogens is 2. The number of halogens is 1. The fourth-order valence-electron chi connectivity index (χ4n) is 3.20. The number of carbonyl (C=O) groups excluding carboxylic acids is 1. The molecule has 160 valence electrons. The standard InChI is InChI=1S/C21H21FN6O2S/c1-12(2)10-28-19(14-5-3-4-6-15(14)22)26-27-21(28)31-11-18(29)23-13-7-8-16-17(9-13)25-20(30)24-16/h3-9,12H,10-11H2,1-2H3,(H,23,29)(H2,24,25,30). The van der Waals surface area contributed by atoms with Crippen LogP contribution in [-0.4, -0.2) is 36.4 Å². The Morgan fingerprint density at radius 2 is 1.94 bits per heavy atom. The van der Waals surface area contributed by atoms with Crippen LogP contribution in [0, 0.1) is 11.7 Å². The molecule has 1 amide bonds. The molecule has 0 spiro atoms. The number of nitrogens with one attached hydrogen (secondary N) is 3. The Labute approximate surface area is 181 Å². The molecule has 2 heterocycles. The predicted octanol–water partition coefficient (Wildman–Crippen LogP) is 3.64. The molecular formula is C21H21FN6O2S. The van der Waals surface area contributed by atoms with Crippen molar-refractivity contribution in [2.45, 2.75) is 25.5 Å². The minimum atomic E-state index is -0.368. The van der Waals surface area contributed by atoms with Crippen molar-refractivity contribution in [2.24, 2.45) is 5.92 Å². The molecule has 3 N–H and O–H groups in total. The summed E-state index contributed by atoms with van der Waals surface area (Å²) in [6.07, 6.45) is 0.